The van der Waals surface area contributed by atoms with Crippen LogP contribution in [0.5, 0.6) is 11.5 Å². The first-order chi connectivity index (χ1) is 21.8. The minimum absolute atomic E-state index is 0.0415. The molecule has 45 heavy (non-hydrogen) atoms. The molecule has 0 aliphatic carbocycles. The van der Waals surface area contributed by atoms with Gasteiger partial charge in [0, 0.05) is 74.1 Å². The van der Waals surface area contributed by atoms with E-state index in [0.717, 1.165) is 74.5 Å². The summed E-state index contributed by atoms with van der Waals surface area (Å²) in [6.45, 7) is 9.41. The smallest absolute Gasteiger partial charge is 0.225 e. The van der Waals surface area contributed by atoms with Crippen molar-refractivity contribution in [3.05, 3.63) is 54.2 Å². The number of rotatable bonds is 14. The molecule has 12 heteroatoms. The quantitative estimate of drug-likeness (QED) is 0.188. The van der Waals surface area contributed by atoms with Gasteiger partial charge in [-0.15, -0.1) is 0 Å². The maximum Gasteiger partial charge on any atom is 0.225 e. The molecule has 12 nitrogen and oxygen atoms in total. The highest BCUT2D eigenvalue weighted by molar-refractivity contribution is 5.89. The summed E-state index contributed by atoms with van der Waals surface area (Å²) in [6, 6.07) is 7.67. The Morgan fingerprint density at radius 2 is 1.71 bits per heavy atom. The zero-order chi connectivity index (χ0) is 31.8. The van der Waals surface area contributed by atoms with Crippen LogP contribution in [0.4, 0.5) is 11.8 Å². The summed E-state index contributed by atoms with van der Waals surface area (Å²) in [5.41, 5.74) is 3.36. The standard InChI is InChI=1S/C33H45N9O3/c1-6-7-10-33(2,22-43)40-31-30-27(38-32(39-31)37-17-23-8-9-26(44-4)16-28(23)45-5)15-24(18-36-30)25-19-34-29(35-20-25)21-42-13-11-41(3)12-14-42/h8-9,15-16,18-20,43H,6-7,10-14,17,21-22H2,1-5H3,(H2,37,38,39,40). The molecule has 1 unspecified atom stereocenters. The molecule has 4 heterocycles. The van der Waals surface area contributed by atoms with Crippen molar-refractivity contribution in [2.24, 2.45) is 0 Å². The summed E-state index contributed by atoms with van der Waals surface area (Å²) in [7, 11) is 5.41. The Morgan fingerprint density at radius 3 is 2.40 bits per heavy atom. The van der Waals surface area contributed by atoms with Crippen molar-refractivity contribution >= 4 is 22.8 Å². The van der Waals surface area contributed by atoms with Crippen molar-refractivity contribution in [3.8, 4) is 22.6 Å². The summed E-state index contributed by atoms with van der Waals surface area (Å²) in [6.07, 6.45) is 8.28. The number of hydrogen-bond acceptors (Lipinski definition) is 12. The molecule has 0 amide bonds. The van der Waals surface area contributed by atoms with Crippen molar-refractivity contribution < 1.29 is 14.6 Å². The van der Waals surface area contributed by atoms with Crippen molar-refractivity contribution in [2.75, 3.05) is 64.7 Å². The second-order valence-electron chi connectivity index (χ2n) is 11.9. The third kappa shape index (κ3) is 8.13. The normalized spacial score (nSPS) is 15.5. The van der Waals surface area contributed by atoms with Gasteiger partial charge in [0.05, 0.1) is 38.4 Å². The number of fused-ring (bicyclic) bond motifs is 1. The van der Waals surface area contributed by atoms with Crippen LogP contribution in [0.15, 0.2) is 42.9 Å². The number of nitrogens with one attached hydrogen (secondary N) is 2. The second-order valence-corrected chi connectivity index (χ2v) is 11.9. The predicted molar refractivity (Wildman–Crippen MR) is 177 cm³/mol. The minimum Gasteiger partial charge on any atom is -0.497 e. The number of pyridine rings is 1. The summed E-state index contributed by atoms with van der Waals surface area (Å²) >= 11 is 0. The molecule has 240 valence electrons. The molecular weight excluding hydrogens is 570 g/mol. The van der Waals surface area contributed by atoms with Crippen molar-refractivity contribution in [2.45, 2.75) is 51.7 Å². The molecule has 1 fully saturated rings. The number of anilines is 2. The van der Waals surface area contributed by atoms with E-state index in [-0.39, 0.29) is 6.61 Å². The van der Waals surface area contributed by atoms with Crippen LogP contribution in [0.3, 0.4) is 0 Å². The number of unbranched alkanes of at least 4 members (excludes halogenated alkanes) is 1. The van der Waals surface area contributed by atoms with E-state index in [2.05, 4.69) is 44.4 Å². The molecular formula is C33H45N9O3. The lowest BCUT2D eigenvalue weighted by molar-refractivity contribution is 0.145. The fraction of sp³-hybridized carbons (Fsp3) is 0.485. The van der Waals surface area contributed by atoms with Gasteiger partial charge < -0.3 is 30.1 Å². The van der Waals surface area contributed by atoms with Crippen LogP contribution in [0.1, 0.15) is 44.5 Å². The summed E-state index contributed by atoms with van der Waals surface area (Å²) in [5.74, 6) is 3.21. The van der Waals surface area contributed by atoms with Gasteiger partial charge in [0.2, 0.25) is 5.95 Å². The van der Waals surface area contributed by atoms with Crippen molar-refractivity contribution in [1.29, 1.82) is 0 Å². The maximum atomic E-state index is 10.3. The van der Waals surface area contributed by atoms with Gasteiger partial charge in [0.1, 0.15) is 22.8 Å². The van der Waals surface area contributed by atoms with Gasteiger partial charge in [-0.25, -0.2) is 15.0 Å². The van der Waals surface area contributed by atoms with Crippen LogP contribution in [0.2, 0.25) is 0 Å². The van der Waals surface area contributed by atoms with Crippen LogP contribution < -0.4 is 20.1 Å². The molecule has 1 aliphatic heterocycles. The van der Waals surface area contributed by atoms with E-state index in [1.165, 1.54) is 0 Å². The third-order valence-electron chi connectivity index (χ3n) is 8.32. The van der Waals surface area contributed by atoms with Gasteiger partial charge in [-0.3, -0.25) is 9.88 Å². The Morgan fingerprint density at radius 1 is 0.956 bits per heavy atom. The molecule has 0 bridgehead atoms. The fourth-order valence-corrected chi connectivity index (χ4v) is 5.34. The van der Waals surface area contributed by atoms with Gasteiger partial charge >= 0.3 is 0 Å². The van der Waals surface area contributed by atoms with Gasteiger partial charge in [-0.2, -0.15) is 4.98 Å². The number of likely N-dealkylation sites (N-methyl/N-ethyl adjacent to an activating group) is 1. The van der Waals surface area contributed by atoms with E-state index < -0.39 is 5.54 Å². The summed E-state index contributed by atoms with van der Waals surface area (Å²) < 4.78 is 10.9. The molecule has 0 radical (unpaired) electrons. The number of benzene rings is 1. The number of aliphatic hydroxyl groups is 1. The molecule has 1 aromatic carbocycles. The van der Waals surface area contributed by atoms with Gasteiger partial charge in [0.15, 0.2) is 5.82 Å². The van der Waals surface area contributed by atoms with Crippen LogP contribution in [0.25, 0.3) is 22.2 Å². The molecule has 1 saturated heterocycles. The second kappa shape index (κ2) is 14.8. The van der Waals surface area contributed by atoms with Crippen LogP contribution in [-0.2, 0) is 13.1 Å². The lowest BCUT2D eigenvalue weighted by atomic mass is 9.96. The number of aliphatic hydroxyl groups excluding tert-OH is 1. The zero-order valence-corrected chi connectivity index (χ0v) is 27.0. The highest BCUT2D eigenvalue weighted by Crippen LogP contribution is 2.30. The molecule has 0 spiro atoms. The fourth-order valence-electron chi connectivity index (χ4n) is 5.34. The first kappa shape index (κ1) is 32.3. The average Bonchev–Trinajstić information content (AvgIpc) is 3.07. The van der Waals surface area contributed by atoms with E-state index in [1.807, 2.05) is 43.6 Å². The lowest BCUT2D eigenvalue weighted by Crippen LogP contribution is -2.44. The van der Waals surface area contributed by atoms with Gasteiger partial charge in [-0.05, 0) is 38.6 Å². The Labute approximate surface area is 265 Å². The first-order valence-corrected chi connectivity index (χ1v) is 15.6. The van der Waals surface area contributed by atoms with Crippen LogP contribution in [-0.4, -0.2) is 99.4 Å². The highest BCUT2D eigenvalue weighted by Gasteiger charge is 2.25. The molecule has 5 rings (SSSR count). The maximum absolute atomic E-state index is 10.3. The largest absolute Gasteiger partial charge is 0.497 e. The van der Waals surface area contributed by atoms with Crippen molar-refractivity contribution in [3.63, 3.8) is 0 Å². The highest BCUT2D eigenvalue weighted by atomic mass is 16.5. The lowest BCUT2D eigenvalue weighted by Gasteiger charge is -2.31. The Bertz CT molecular complexity index is 1560. The number of ether oxygens (including phenoxy) is 2. The topological polar surface area (TPSA) is 134 Å². The SMILES string of the molecule is CCCCC(C)(CO)Nc1nc(NCc2ccc(OC)cc2OC)nc2cc(-c3cnc(CN4CCN(C)CC4)nc3)cnc12. The van der Waals surface area contributed by atoms with Crippen molar-refractivity contribution in [1.82, 2.24) is 34.7 Å². The number of aromatic nitrogens is 5. The molecule has 3 N–H and O–H groups in total. The zero-order valence-electron chi connectivity index (χ0n) is 27.0. The number of piperazine rings is 1. The molecule has 4 aromatic rings. The molecule has 1 aliphatic rings. The number of nitrogens with zero attached hydrogens (tertiary/aromatic N) is 7. The summed E-state index contributed by atoms with van der Waals surface area (Å²) in [5, 5.41) is 17.2. The van der Waals surface area contributed by atoms with Crippen LogP contribution >= 0.6 is 0 Å². The van der Waals surface area contributed by atoms with E-state index in [9.17, 15) is 5.11 Å². The minimum atomic E-state index is -0.568. The Kier molecular flexibility index (Phi) is 10.6. The Hall–Kier alpha value is -4.13. The monoisotopic (exact) mass is 615 g/mol. The predicted octanol–water partition coefficient (Wildman–Crippen LogP) is 4.21. The number of hydrogen-bond donors (Lipinski definition) is 3. The number of methoxy groups -OCH3 is 2. The van der Waals surface area contributed by atoms with Crippen LogP contribution in [0, 0.1) is 0 Å². The molecule has 1 atom stereocenters. The third-order valence-corrected chi connectivity index (χ3v) is 8.32. The molecule has 3 aromatic heterocycles. The molecule has 0 saturated carbocycles. The van der Waals surface area contributed by atoms with E-state index in [0.29, 0.717) is 40.8 Å². The van der Waals surface area contributed by atoms with E-state index in [1.54, 1.807) is 20.4 Å². The van der Waals surface area contributed by atoms with Gasteiger partial charge in [0.25, 0.3) is 0 Å². The first-order valence-electron chi connectivity index (χ1n) is 15.6. The Balaban J connectivity index is 1.43. The van der Waals surface area contributed by atoms with E-state index in [4.69, 9.17) is 24.4 Å². The van der Waals surface area contributed by atoms with Gasteiger partial charge in [-0.1, -0.05) is 19.8 Å². The summed E-state index contributed by atoms with van der Waals surface area (Å²) in [4.78, 5) is 28.5. The van der Waals surface area contributed by atoms with E-state index >= 15 is 0 Å². The average molecular weight is 616 g/mol.